The van der Waals surface area contributed by atoms with Crippen molar-refractivity contribution >= 4 is 0 Å². The summed E-state index contributed by atoms with van der Waals surface area (Å²) in [6.07, 6.45) is 0. The molecule has 1 rings (SSSR count). The zero-order chi connectivity index (χ0) is 11.0. The van der Waals surface area contributed by atoms with Gasteiger partial charge in [-0.15, -0.1) is 0 Å². The summed E-state index contributed by atoms with van der Waals surface area (Å²) >= 11 is 0. The Balaban J connectivity index is 2.75. The van der Waals surface area contributed by atoms with Crippen molar-refractivity contribution in [2.24, 2.45) is 5.92 Å². The van der Waals surface area contributed by atoms with Crippen LogP contribution in [0.2, 0.25) is 0 Å². The lowest BCUT2D eigenvalue weighted by atomic mass is 9.86. The number of nitrogens with zero attached hydrogens (tertiary/aromatic N) is 1. The van der Waals surface area contributed by atoms with E-state index in [0.717, 1.165) is 13.2 Å². The Labute approximate surface area is 87.4 Å². The monoisotopic (exact) mass is 201 g/mol. The van der Waals surface area contributed by atoms with Gasteiger partial charge in [-0.1, -0.05) is 13.8 Å². The minimum atomic E-state index is -0.422. The largest absolute Gasteiger partial charge is 0.349 e. The van der Waals surface area contributed by atoms with Crippen molar-refractivity contribution in [1.29, 1.82) is 0 Å². The molecule has 3 nitrogen and oxygen atoms in total. The second-order valence-corrected chi connectivity index (χ2v) is 5.13. The summed E-state index contributed by atoms with van der Waals surface area (Å²) in [5.74, 6) is 0.0996. The first-order chi connectivity index (χ1) is 6.30. The van der Waals surface area contributed by atoms with Gasteiger partial charge >= 0.3 is 0 Å². The first-order valence-electron chi connectivity index (χ1n) is 5.25. The van der Waals surface area contributed by atoms with Gasteiger partial charge in [0.05, 0.1) is 18.8 Å². The first kappa shape index (κ1) is 12.0. The van der Waals surface area contributed by atoms with Crippen LogP contribution in [0.4, 0.5) is 0 Å². The predicted octanol–water partition coefficient (Wildman–Crippen LogP) is 1.73. The molecule has 1 aliphatic heterocycles. The third kappa shape index (κ3) is 2.10. The van der Waals surface area contributed by atoms with E-state index in [2.05, 4.69) is 32.8 Å². The van der Waals surface area contributed by atoms with Gasteiger partial charge in [-0.05, 0) is 33.9 Å². The summed E-state index contributed by atoms with van der Waals surface area (Å²) in [7, 11) is 4.18. The van der Waals surface area contributed by atoms with Gasteiger partial charge in [0.15, 0.2) is 5.79 Å². The number of ether oxygens (including phenoxy) is 2. The maximum Gasteiger partial charge on any atom is 0.162 e. The van der Waals surface area contributed by atoms with Crippen LogP contribution in [0, 0.1) is 5.92 Å². The molecule has 0 N–H and O–H groups in total. The van der Waals surface area contributed by atoms with Crippen LogP contribution in [0.25, 0.3) is 0 Å². The van der Waals surface area contributed by atoms with Crippen LogP contribution in [0.3, 0.4) is 0 Å². The molecule has 0 saturated carbocycles. The summed E-state index contributed by atoms with van der Waals surface area (Å²) in [6, 6.07) is 0. The molecule has 3 heteroatoms. The number of likely N-dealkylation sites (N-methyl/N-ethyl adjacent to an activating group) is 1. The highest BCUT2D eigenvalue weighted by molar-refractivity contribution is 4.94. The van der Waals surface area contributed by atoms with Crippen LogP contribution < -0.4 is 0 Å². The van der Waals surface area contributed by atoms with Crippen molar-refractivity contribution in [2.75, 3.05) is 27.3 Å². The van der Waals surface area contributed by atoms with Crippen LogP contribution in [0.5, 0.6) is 0 Å². The summed E-state index contributed by atoms with van der Waals surface area (Å²) in [4.78, 5) is 2.22. The zero-order valence-electron chi connectivity index (χ0n) is 10.3. The van der Waals surface area contributed by atoms with Crippen LogP contribution in [0.15, 0.2) is 0 Å². The van der Waals surface area contributed by atoms with E-state index < -0.39 is 5.79 Å². The number of hydrogen-bond donors (Lipinski definition) is 0. The SMILES string of the molecule is CC(C)C1(N(C)C)COC(C)(C)OC1. The van der Waals surface area contributed by atoms with Crippen LogP contribution in [0.1, 0.15) is 27.7 Å². The van der Waals surface area contributed by atoms with Gasteiger partial charge in [0.25, 0.3) is 0 Å². The van der Waals surface area contributed by atoms with E-state index in [1.54, 1.807) is 0 Å². The molecule has 14 heavy (non-hydrogen) atoms. The Kier molecular flexibility index (Phi) is 3.24. The number of rotatable bonds is 2. The summed E-state index contributed by atoms with van der Waals surface area (Å²) in [5, 5.41) is 0. The van der Waals surface area contributed by atoms with Gasteiger partial charge in [-0.2, -0.15) is 0 Å². The van der Waals surface area contributed by atoms with E-state index in [1.807, 2.05) is 13.8 Å². The van der Waals surface area contributed by atoms with Crippen LogP contribution >= 0.6 is 0 Å². The van der Waals surface area contributed by atoms with Crippen molar-refractivity contribution in [3.63, 3.8) is 0 Å². The van der Waals surface area contributed by atoms with Gasteiger partial charge in [0, 0.05) is 0 Å². The highest BCUT2D eigenvalue weighted by atomic mass is 16.7. The standard InChI is InChI=1S/C11H23NO2/c1-9(2)11(12(5)6)7-13-10(3,4)14-8-11/h9H,7-8H2,1-6H3. The average Bonchev–Trinajstić information content (AvgIpc) is 2.03. The molecule has 0 aliphatic carbocycles. The molecule has 0 spiro atoms. The Morgan fingerprint density at radius 3 is 1.79 bits per heavy atom. The molecule has 0 unspecified atom stereocenters. The van der Waals surface area contributed by atoms with Crippen molar-refractivity contribution in [3.8, 4) is 0 Å². The number of hydrogen-bond acceptors (Lipinski definition) is 3. The molecule has 0 atom stereocenters. The fraction of sp³-hybridized carbons (Fsp3) is 1.00. The van der Waals surface area contributed by atoms with E-state index in [4.69, 9.17) is 9.47 Å². The fourth-order valence-electron chi connectivity index (χ4n) is 1.79. The summed E-state index contributed by atoms with van der Waals surface area (Å²) < 4.78 is 11.5. The Bertz CT molecular complexity index is 179. The smallest absolute Gasteiger partial charge is 0.162 e. The van der Waals surface area contributed by atoms with Gasteiger partial charge in [-0.25, -0.2) is 0 Å². The lowest BCUT2D eigenvalue weighted by Gasteiger charge is -2.49. The molecule has 0 aromatic rings. The topological polar surface area (TPSA) is 21.7 Å². The predicted molar refractivity (Wildman–Crippen MR) is 57.2 cm³/mol. The minimum absolute atomic E-state index is 0.0233. The van der Waals surface area contributed by atoms with Crippen LogP contribution in [-0.2, 0) is 9.47 Å². The molecule has 0 aromatic carbocycles. The van der Waals surface area contributed by atoms with E-state index in [1.165, 1.54) is 0 Å². The third-order valence-corrected chi connectivity index (χ3v) is 3.30. The highest BCUT2D eigenvalue weighted by Crippen LogP contribution is 2.31. The molecule has 0 bridgehead atoms. The molecule has 0 amide bonds. The minimum Gasteiger partial charge on any atom is -0.349 e. The summed E-state index contributed by atoms with van der Waals surface area (Å²) in [5.41, 5.74) is 0.0233. The lowest BCUT2D eigenvalue weighted by Crippen LogP contribution is -2.61. The third-order valence-electron chi connectivity index (χ3n) is 3.30. The Morgan fingerprint density at radius 1 is 1.07 bits per heavy atom. The van der Waals surface area contributed by atoms with Gasteiger partial charge in [-0.3, -0.25) is 4.90 Å². The molecule has 0 radical (unpaired) electrons. The van der Waals surface area contributed by atoms with Crippen molar-refractivity contribution in [2.45, 2.75) is 39.0 Å². The fourth-order valence-corrected chi connectivity index (χ4v) is 1.79. The van der Waals surface area contributed by atoms with Crippen molar-refractivity contribution < 1.29 is 9.47 Å². The first-order valence-corrected chi connectivity index (χ1v) is 5.25. The second kappa shape index (κ2) is 3.80. The van der Waals surface area contributed by atoms with Gasteiger partial charge in [0.2, 0.25) is 0 Å². The lowest BCUT2D eigenvalue weighted by molar-refractivity contribution is -0.290. The van der Waals surface area contributed by atoms with E-state index in [9.17, 15) is 0 Å². The van der Waals surface area contributed by atoms with Gasteiger partial charge in [0.1, 0.15) is 0 Å². The molecular weight excluding hydrogens is 178 g/mol. The molecule has 0 aromatic heterocycles. The van der Waals surface area contributed by atoms with E-state index in [0.29, 0.717) is 5.92 Å². The molecule has 1 heterocycles. The molecule has 1 aliphatic rings. The normalized spacial score (nSPS) is 25.7. The molecular formula is C11H23NO2. The maximum absolute atomic E-state index is 5.74. The highest BCUT2D eigenvalue weighted by Gasteiger charge is 2.43. The summed E-state index contributed by atoms with van der Waals surface area (Å²) in [6.45, 7) is 9.84. The molecule has 1 saturated heterocycles. The average molecular weight is 201 g/mol. The maximum atomic E-state index is 5.74. The van der Waals surface area contributed by atoms with E-state index in [-0.39, 0.29) is 5.54 Å². The second-order valence-electron chi connectivity index (χ2n) is 5.13. The van der Waals surface area contributed by atoms with Crippen LogP contribution in [-0.4, -0.2) is 43.5 Å². The Hall–Kier alpha value is -0.120. The quantitative estimate of drug-likeness (QED) is 0.679. The Morgan fingerprint density at radius 2 is 1.50 bits per heavy atom. The zero-order valence-corrected chi connectivity index (χ0v) is 10.3. The van der Waals surface area contributed by atoms with Crippen molar-refractivity contribution in [3.05, 3.63) is 0 Å². The van der Waals surface area contributed by atoms with E-state index >= 15 is 0 Å². The van der Waals surface area contributed by atoms with Gasteiger partial charge < -0.3 is 9.47 Å². The van der Waals surface area contributed by atoms with Crippen molar-refractivity contribution in [1.82, 2.24) is 4.90 Å². The molecule has 84 valence electrons. The molecule has 1 fully saturated rings.